The predicted octanol–water partition coefficient (Wildman–Crippen LogP) is 4.72. The van der Waals surface area contributed by atoms with E-state index in [4.69, 9.17) is 16.6 Å². The summed E-state index contributed by atoms with van der Waals surface area (Å²) in [5, 5.41) is 4.84. The standard InChI is InChI=1S/C18H21ClFN3OS.ClH/c1-23-14(11-25-18(23)21-13-5-3-2-4-6-13)10-17(24)22-16-8-7-12(19)9-15(16)20;/h7-9,11,13H,2-6,10H2,1H3,(H,22,24);1H. The van der Waals surface area contributed by atoms with Gasteiger partial charge in [-0.1, -0.05) is 30.9 Å². The Bertz CT molecular complexity index is 828. The van der Waals surface area contributed by atoms with Crippen molar-refractivity contribution in [1.82, 2.24) is 4.57 Å². The summed E-state index contributed by atoms with van der Waals surface area (Å²) in [6, 6.07) is 4.59. The number of benzene rings is 1. The number of hydrogen-bond donors (Lipinski definition) is 1. The summed E-state index contributed by atoms with van der Waals surface area (Å²) in [6.45, 7) is 0. The Balaban J connectivity index is 0.00000243. The molecule has 0 atom stereocenters. The average Bonchev–Trinajstić information content (AvgIpc) is 2.92. The second kappa shape index (κ2) is 9.53. The van der Waals surface area contributed by atoms with Gasteiger partial charge in [-0.2, -0.15) is 0 Å². The van der Waals surface area contributed by atoms with Crippen LogP contribution in [0.25, 0.3) is 0 Å². The van der Waals surface area contributed by atoms with Gasteiger partial charge in [-0.25, -0.2) is 4.39 Å². The Kier molecular flexibility index (Phi) is 7.68. The first-order valence-corrected chi connectivity index (χ1v) is 9.71. The molecule has 4 nitrogen and oxygen atoms in total. The number of carbonyl (C=O) groups is 1. The van der Waals surface area contributed by atoms with Gasteiger partial charge in [0.2, 0.25) is 5.91 Å². The highest BCUT2D eigenvalue weighted by molar-refractivity contribution is 7.07. The van der Waals surface area contributed by atoms with Crippen molar-refractivity contribution in [3.8, 4) is 0 Å². The van der Waals surface area contributed by atoms with Crippen LogP contribution < -0.4 is 10.1 Å². The average molecular weight is 418 g/mol. The van der Waals surface area contributed by atoms with E-state index in [1.165, 1.54) is 31.4 Å². The fourth-order valence-electron chi connectivity index (χ4n) is 3.00. The molecule has 0 bridgehead atoms. The second-order valence-electron chi connectivity index (χ2n) is 6.34. The van der Waals surface area contributed by atoms with Crippen LogP contribution in [0.1, 0.15) is 37.8 Å². The monoisotopic (exact) mass is 417 g/mol. The Morgan fingerprint density at radius 3 is 2.81 bits per heavy atom. The molecule has 0 unspecified atom stereocenters. The fraction of sp³-hybridized carbons (Fsp3) is 0.444. The largest absolute Gasteiger partial charge is 0.324 e. The maximum atomic E-state index is 13.8. The van der Waals surface area contributed by atoms with E-state index in [9.17, 15) is 9.18 Å². The quantitative estimate of drug-likeness (QED) is 0.768. The minimum Gasteiger partial charge on any atom is -0.324 e. The van der Waals surface area contributed by atoms with E-state index in [2.05, 4.69) is 5.32 Å². The summed E-state index contributed by atoms with van der Waals surface area (Å²) in [7, 11) is 1.92. The summed E-state index contributed by atoms with van der Waals surface area (Å²) in [5.41, 5.74) is 1.01. The van der Waals surface area contributed by atoms with Crippen molar-refractivity contribution in [1.29, 1.82) is 0 Å². The molecule has 26 heavy (non-hydrogen) atoms. The van der Waals surface area contributed by atoms with Crippen LogP contribution in [0.15, 0.2) is 28.6 Å². The van der Waals surface area contributed by atoms with Crippen LogP contribution in [-0.4, -0.2) is 16.5 Å². The van der Waals surface area contributed by atoms with Crippen LogP contribution in [0.2, 0.25) is 5.02 Å². The number of carbonyl (C=O) groups excluding carboxylic acids is 1. The number of hydrogen-bond acceptors (Lipinski definition) is 3. The van der Waals surface area contributed by atoms with E-state index in [0.29, 0.717) is 11.1 Å². The van der Waals surface area contributed by atoms with E-state index >= 15 is 0 Å². The number of nitrogens with one attached hydrogen (secondary N) is 1. The molecule has 0 radical (unpaired) electrons. The molecule has 1 aromatic heterocycles. The lowest BCUT2D eigenvalue weighted by Gasteiger charge is -2.16. The molecule has 1 aliphatic carbocycles. The molecule has 1 fully saturated rings. The topological polar surface area (TPSA) is 46.4 Å². The number of halogens is 3. The first-order chi connectivity index (χ1) is 12.0. The van der Waals surface area contributed by atoms with E-state index in [1.807, 2.05) is 17.0 Å². The number of aromatic nitrogens is 1. The highest BCUT2D eigenvalue weighted by atomic mass is 35.5. The zero-order valence-corrected chi connectivity index (χ0v) is 16.9. The molecule has 1 aliphatic rings. The first-order valence-electron chi connectivity index (χ1n) is 8.45. The van der Waals surface area contributed by atoms with Crippen LogP contribution in [0, 0.1) is 5.82 Å². The Morgan fingerprint density at radius 1 is 1.38 bits per heavy atom. The van der Waals surface area contributed by atoms with Crippen molar-refractivity contribution in [2.45, 2.75) is 44.6 Å². The van der Waals surface area contributed by atoms with Gasteiger partial charge in [0.05, 0.1) is 18.2 Å². The number of anilines is 1. The van der Waals surface area contributed by atoms with Gasteiger partial charge < -0.3 is 9.88 Å². The molecule has 0 spiro atoms. The van der Waals surface area contributed by atoms with Gasteiger partial charge in [0, 0.05) is 23.1 Å². The van der Waals surface area contributed by atoms with E-state index in [-0.39, 0.29) is 30.4 Å². The molecule has 142 valence electrons. The summed E-state index contributed by atoms with van der Waals surface area (Å²) in [6.07, 6.45) is 6.24. The molecule has 0 aliphatic heterocycles. The SMILES string of the molecule is Cl.Cn1c(CC(=O)Nc2ccc(Cl)cc2F)csc1=NC1CCCCC1. The lowest BCUT2D eigenvalue weighted by molar-refractivity contribution is -0.115. The number of nitrogens with zero attached hydrogens (tertiary/aromatic N) is 2. The zero-order valence-electron chi connectivity index (χ0n) is 14.5. The maximum Gasteiger partial charge on any atom is 0.230 e. The van der Waals surface area contributed by atoms with Crippen LogP contribution >= 0.6 is 35.3 Å². The van der Waals surface area contributed by atoms with Gasteiger partial charge in [-0.15, -0.1) is 23.7 Å². The van der Waals surface area contributed by atoms with Gasteiger partial charge >= 0.3 is 0 Å². The number of amides is 1. The Hall–Kier alpha value is -1.37. The predicted molar refractivity (Wildman–Crippen MR) is 107 cm³/mol. The van der Waals surface area contributed by atoms with Gasteiger partial charge in [0.15, 0.2) is 4.80 Å². The minimum atomic E-state index is -0.538. The van der Waals surface area contributed by atoms with Crippen molar-refractivity contribution in [3.63, 3.8) is 0 Å². The second-order valence-corrected chi connectivity index (χ2v) is 7.61. The molecule has 8 heteroatoms. The lowest BCUT2D eigenvalue weighted by atomic mass is 9.96. The van der Waals surface area contributed by atoms with Gasteiger partial charge in [0.1, 0.15) is 5.82 Å². The third-order valence-corrected chi connectivity index (χ3v) is 5.65. The minimum absolute atomic E-state index is 0. The Labute approximate surface area is 167 Å². The van der Waals surface area contributed by atoms with Crippen LogP contribution in [-0.2, 0) is 18.3 Å². The summed E-state index contributed by atoms with van der Waals surface area (Å²) >= 11 is 7.27. The molecule has 2 aromatic rings. The number of rotatable bonds is 4. The third-order valence-electron chi connectivity index (χ3n) is 4.43. The van der Waals surface area contributed by atoms with Crippen molar-refractivity contribution >= 4 is 46.9 Å². The summed E-state index contributed by atoms with van der Waals surface area (Å²) < 4.78 is 15.7. The van der Waals surface area contributed by atoms with E-state index in [1.54, 1.807) is 17.4 Å². The van der Waals surface area contributed by atoms with Crippen molar-refractivity contribution < 1.29 is 9.18 Å². The molecule has 1 aromatic carbocycles. The highest BCUT2D eigenvalue weighted by Crippen LogP contribution is 2.20. The summed E-state index contributed by atoms with van der Waals surface area (Å²) in [4.78, 5) is 18.0. The molecule has 1 saturated carbocycles. The van der Waals surface area contributed by atoms with Crippen molar-refractivity contribution in [2.75, 3.05) is 5.32 Å². The highest BCUT2D eigenvalue weighted by Gasteiger charge is 2.14. The third kappa shape index (κ3) is 5.32. The molecular weight excluding hydrogens is 396 g/mol. The normalized spacial score (nSPS) is 15.6. The van der Waals surface area contributed by atoms with E-state index in [0.717, 1.165) is 23.3 Å². The van der Waals surface area contributed by atoms with E-state index < -0.39 is 5.82 Å². The molecule has 0 saturated heterocycles. The van der Waals surface area contributed by atoms with Crippen LogP contribution in [0.3, 0.4) is 0 Å². The molecular formula is C18H22Cl2FN3OS. The zero-order chi connectivity index (χ0) is 17.8. The van der Waals surface area contributed by atoms with Crippen molar-refractivity contribution in [2.24, 2.45) is 12.0 Å². The Morgan fingerprint density at radius 2 is 2.12 bits per heavy atom. The van der Waals surface area contributed by atoms with Gasteiger partial charge in [0.25, 0.3) is 0 Å². The maximum absolute atomic E-state index is 13.8. The summed E-state index contributed by atoms with van der Waals surface area (Å²) in [5.74, 6) is -0.803. The lowest BCUT2D eigenvalue weighted by Crippen LogP contribution is -2.22. The number of thiazole rings is 1. The first kappa shape index (κ1) is 20.9. The molecule has 1 heterocycles. The van der Waals surface area contributed by atoms with Gasteiger partial charge in [-0.3, -0.25) is 9.79 Å². The molecule has 1 N–H and O–H groups in total. The molecule has 1 amide bonds. The molecule has 3 rings (SSSR count). The van der Waals surface area contributed by atoms with Crippen LogP contribution in [0.4, 0.5) is 10.1 Å². The van der Waals surface area contributed by atoms with Crippen molar-refractivity contribution in [3.05, 3.63) is 44.9 Å². The van der Waals surface area contributed by atoms with Crippen LogP contribution in [0.5, 0.6) is 0 Å². The van der Waals surface area contributed by atoms with Gasteiger partial charge in [-0.05, 0) is 31.0 Å². The fourth-order valence-corrected chi connectivity index (χ4v) is 4.12. The smallest absolute Gasteiger partial charge is 0.230 e.